The number of aromatic nitrogens is 2. The van der Waals surface area contributed by atoms with Crippen LogP contribution in [0.15, 0.2) is 12.3 Å². The Labute approximate surface area is 155 Å². The molecule has 1 aromatic rings. The second-order valence-corrected chi connectivity index (χ2v) is 6.91. The molecule has 0 bridgehead atoms. The van der Waals surface area contributed by atoms with Gasteiger partial charge >= 0.3 is 0 Å². The molecule has 2 saturated heterocycles. The molecule has 25 heavy (non-hydrogen) atoms. The van der Waals surface area contributed by atoms with Crippen molar-refractivity contribution in [1.29, 1.82) is 0 Å². The van der Waals surface area contributed by atoms with Crippen LogP contribution in [0.4, 0.5) is 0 Å². The largest absolute Gasteiger partial charge is 0.379 e. The summed E-state index contributed by atoms with van der Waals surface area (Å²) in [5.74, 6) is 0.336. The monoisotopic (exact) mass is 371 g/mol. The van der Waals surface area contributed by atoms with Gasteiger partial charge in [0.15, 0.2) is 0 Å². The Morgan fingerprint density at radius 3 is 3.00 bits per heavy atom. The van der Waals surface area contributed by atoms with Crippen LogP contribution in [0.25, 0.3) is 0 Å². The van der Waals surface area contributed by atoms with Gasteiger partial charge in [0.2, 0.25) is 0 Å². The minimum absolute atomic E-state index is 0. The first-order valence-electron chi connectivity index (χ1n) is 9.06. The minimum atomic E-state index is -0.0775. The number of amides is 1. The molecule has 0 aliphatic carbocycles. The lowest BCUT2D eigenvalue weighted by Gasteiger charge is -2.29. The van der Waals surface area contributed by atoms with Gasteiger partial charge in [0.05, 0.1) is 19.3 Å². The predicted octanol–water partition coefficient (Wildman–Crippen LogP) is 0.928. The Morgan fingerprint density at radius 2 is 2.28 bits per heavy atom. The van der Waals surface area contributed by atoms with Crippen LogP contribution in [-0.2, 0) is 4.74 Å². The van der Waals surface area contributed by atoms with Crippen molar-refractivity contribution in [3.05, 3.63) is 18.0 Å². The number of ether oxygens (including phenoxy) is 1. The van der Waals surface area contributed by atoms with Crippen molar-refractivity contribution < 1.29 is 9.53 Å². The van der Waals surface area contributed by atoms with Crippen molar-refractivity contribution in [1.82, 2.24) is 25.3 Å². The molecular weight excluding hydrogens is 342 g/mol. The molecule has 2 fully saturated rings. The van der Waals surface area contributed by atoms with Gasteiger partial charge in [0, 0.05) is 38.9 Å². The highest BCUT2D eigenvalue weighted by atomic mass is 35.5. The fourth-order valence-electron chi connectivity index (χ4n) is 3.37. The molecule has 1 aromatic heterocycles. The summed E-state index contributed by atoms with van der Waals surface area (Å²) in [6.07, 6.45) is 4.20. The van der Waals surface area contributed by atoms with Crippen LogP contribution in [0.3, 0.4) is 0 Å². The van der Waals surface area contributed by atoms with Gasteiger partial charge in [-0.05, 0) is 31.4 Å². The molecule has 2 aliphatic heterocycles. The number of morpholine rings is 1. The van der Waals surface area contributed by atoms with Crippen molar-refractivity contribution in [2.75, 3.05) is 52.5 Å². The Kier molecular flexibility index (Phi) is 8.15. The number of rotatable bonds is 6. The van der Waals surface area contributed by atoms with Crippen LogP contribution >= 0.6 is 12.4 Å². The highest BCUT2D eigenvalue weighted by molar-refractivity contribution is 5.92. The first-order valence-corrected chi connectivity index (χ1v) is 9.06. The molecule has 0 radical (unpaired) electrons. The van der Waals surface area contributed by atoms with E-state index in [0.29, 0.717) is 24.2 Å². The summed E-state index contributed by atoms with van der Waals surface area (Å²) in [6, 6.07) is 2.18. The highest BCUT2D eigenvalue weighted by Gasteiger charge is 2.18. The van der Waals surface area contributed by atoms with Gasteiger partial charge in [0.25, 0.3) is 5.91 Å². The van der Waals surface area contributed by atoms with Crippen molar-refractivity contribution in [3.8, 4) is 0 Å². The van der Waals surface area contributed by atoms with E-state index in [9.17, 15) is 4.79 Å². The molecule has 7 nitrogen and oxygen atoms in total. The van der Waals surface area contributed by atoms with E-state index in [-0.39, 0.29) is 18.3 Å². The van der Waals surface area contributed by atoms with Crippen LogP contribution in [0.1, 0.15) is 36.3 Å². The minimum Gasteiger partial charge on any atom is -0.379 e. The second kappa shape index (κ2) is 10.1. The summed E-state index contributed by atoms with van der Waals surface area (Å²) in [6.45, 7) is 9.43. The molecule has 142 valence electrons. The fraction of sp³-hybridized carbons (Fsp3) is 0.765. The lowest BCUT2D eigenvalue weighted by atomic mass is 10.1. The van der Waals surface area contributed by atoms with Crippen LogP contribution in [0.2, 0.25) is 0 Å². The van der Waals surface area contributed by atoms with Crippen molar-refractivity contribution in [3.63, 3.8) is 0 Å². The maximum atomic E-state index is 12.3. The number of nitrogens with one attached hydrogen (secondary N) is 2. The molecule has 3 rings (SSSR count). The molecule has 2 unspecified atom stereocenters. The maximum absolute atomic E-state index is 12.3. The topological polar surface area (TPSA) is 71.4 Å². The van der Waals surface area contributed by atoms with Gasteiger partial charge < -0.3 is 15.4 Å². The number of carbonyl (C=O) groups excluding carboxylic acids is 1. The third kappa shape index (κ3) is 5.95. The lowest BCUT2D eigenvalue weighted by Crippen LogP contribution is -2.41. The number of piperidine rings is 1. The van der Waals surface area contributed by atoms with Crippen molar-refractivity contribution in [2.45, 2.75) is 25.8 Å². The van der Waals surface area contributed by atoms with Gasteiger partial charge in [-0.15, -0.1) is 12.4 Å². The molecule has 0 spiro atoms. The van der Waals surface area contributed by atoms with Crippen LogP contribution in [0, 0.1) is 5.92 Å². The predicted molar refractivity (Wildman–Crippen MR) is 99.4 cm³/mol. The average molecular weight is 372 g/mol. The zero-order valence-corrected chi connectivity index (χ0v) is 15.8. The average Bonchev–Trinajstić information content (AvgIpc) is 3.11. The summed E-state index contributed by atoms with van der Waals surface area (Å²) >= 11 is 0. The third-order valence-corrected chi connectivity index (χ3v) is 4.77. The number of hydrogen-bond acceptors (Lipinski definition) is 5. The summed E-state index contributed by atoms with van der Waals surface area (Å²) in [5.41, 5.74) is 0.513. The van der Waals surface area contributed by atoms with E-state index in [0.717, 1.165) is 58.8 Å². The summed E-state index contributed by atoms with van der Waals surface area (Å²) in [4.78, 5) is 14.7. The van der Waals surface area contributed by atoms with E-state index in [2.05, 4.69) is 27.6 Å². The molecule has 2 N–H and O–H groups in total. The molecule has 1 amide bonds. The first-order chi connectivity index (χ1) is 11.7. The molecule has 0 saturated carbocycles. The van der Waals surface area contributed by atoms with E-state index in [1.165, 1.54) is 0 Å². The molecule has 3 heterocycles. The fourth-order valence-corrected chi connectivity index (χ4v) is 3.37. The summed E-state index contributed by atoms with van der Waals surface area (Å²) in [7, 11) is 0. The van der Waals surface area contributed by atoms with Gasteiger partial charge in [0.1, 0.15) is 5.69 Å². The molecule has 2 atom stereocenters. The number of hydrogen-bond donors (Lipinski definition) is 2. The number of carbonyl (C=O) groups is 1. The summed E-state index contributed by atoms with van der Waals surface area (Å²) in [5, 5.41) is 10.9. The quantitative estimate of drug-likeness (QED) is 0.778. The zero-order chi connectivity index (χ0) is 16.8. The summed E-state index contributed by atoms with van der Waals surface area (Å²) < 4.78 is 7.29. The first kappa shape index (κ1) is 20.2. The highest BCUT2D eigenvalue weighted by Crippen LogP contribution is 2.15. The standard InChI is InChI=1S/C17H29N5O2.ClH/c1-14(13-21-7-9-24-10-8-21)11-19-17(23)16-4-6-22(20-16)15-3-2-5-18-12-15;/h4,6,14-15,18H,2-3,5,7-13H2,1H3,(H,19,23);1H. The smallest absolute Gasteiger partial charge is 0.271 e. The van der Waals surface area contributed by atoms with E-state index in [4.69, 9.17) is 4.74 Å². The van der Waals surface area contributed by atoms with Crippen LogP contribution in [-0.4, -0.2) is 73.1 Å². The maximum Gasteiger partial charge on any atom is 0.271 e. The van der Waals surface area contributed by atoms with Gasteiger partial charge in [-0.1, -0.05) is 6.92 Å². The van der Waals surface area contributed by atoms with E-state index in [1.807, 2.05) is 16.9 Å². The normalized spacial score (nSPS) is 22.8. The van der Waals surface area contributed by atoms with E-state index < -0.39 is 0 Å². The SMILES string of the molecule is CC(CNC(=O)c1ccn(C2CCCNC2)n1)CN1CCOCC1.Cl. The van der Waals surface area contributed by atoms with Crippen molar-refractivity contribution in [2.24, 2.45) is 5.92 Å². The molecule has 0 aromatic carbocycles. The second-order valence-electron chi connectivity index (χ2n) is 6.91. The third-order valence-electron chi connectivity index (χ3n) is 4.77. The van der Waals surface area contributed by atoms with E-state index >= 15 is 0 Å². The number of nitrogens with zero attached hydrogens (tertiary/aromatic N) is 3. The Balaban J connectivity index is 0.00000225. The van der Waals surface area contributed by atoms with Gasteiger partial charge in [-0.25, -0.2) is 0 Å². The van der Waals surface area contributed by atoms with Gasteiger partial charge in [-0.3, -0.25) is 14.4 Å². The Morgan fingerprint density at radius 1 is 1.48 bits per heavy atom. The Hall–Kier alpha value is -1.15. The Bertz CT molecular complexity index is 527. The van der Waals surface area contributed by atoms with E-state index in [1.54, 1.807) is 0 Å². The van der Waals surface area contributed by atoms with Crippen LogP contribution in [0.5, 0.6) is 0 Å². The molecular formula is C17H30ClN5O2. The molecule has 8 heteroatoms. The van der Waals surface area contributed by atoms with Crippen molar-refractivity contribution >= 4 is 18.3 Å². The number of halogens is 1. The van der Waals surface area contributed by atoms with Crippen LogP contribution < -0.4 is 10.6 Å². The lowest BCUT2D eigenvalue weighted by molar-refractivity contribution is 0.0317. The molecule has 2 aliphatic rings. The zero-order valence-electron chi connectivity index (χ0n) is 14.9. The van der Waals surface area contributed by atoms with Gasteiger partial charge in [-0.2, -0.15) is 5.10 Å².